The monoisotopic (exact) mass is 344 g/mol. The quantitative estimate of drug-likeness (QED) is 0.695. The summed E-state index contributed by atoms with van der Waals surface area (Å²) in [6.07, 6.45) is 4.51. The minimum absolute atomic E-state index is 0.0542. The van der Waals surface area contributed by atoms with Gasteiger partial charge in [-0.1, -0.05) is 33.3 Å². The second kappa shape index (κ2) is 8.49. The first-order valence-electron chi connectivity index (χ1n) is 8.08. The molecule has 1 amide bonds. The molecule has 0 bridgehead atoms. The highest BCUT2D eigenvalue weighted by Crippen LogP contribution is 2.30. The molecular formula is C16H28N2O4S. The Bertz CT molecular complexity index is 569. The molecule has 0 aromatic heterocycles. The molecule has 0 fully saturated rings. The molecule has 1 aliphatic rings. The first kappa shape index (κ1) is 19.7. The highest BCUT2D eigenvalue weighted by Gasteiger charge is 2.38. The third-order valence-corrected chi connectivity index (χ3v) is 5.27. The van der Waals surface area contributed by atoms with Crippen LogP contribution < -0.4 is 4.72 Å². The SMILES string of the molecule is C=C1C=C(OC)[C@@H](CCC)N1C(=O)[C@@H](CCC)NS(=O)(=O)CC. The van der Waals surface area contributed by atoms with Gasteiger partial charge in [-0.25, -0.2) is 13.1 Å². The summed E-state index contributed by atoms with van der Waals surface area (Å²) < 4.78 is 31.6. The zero-order valence-electron chi connectivity index (χ0n) is 14.5. The van der Waals surface area contributed by atoms with Gasteiger partial charge < -0.3 is 9.64 Å². The molecule has 0 unspecified atom stereocenters. The lowest BCUT2D eigenvalue weighted by Crippen LogP contribution is -2.50. The summed E-state index contributed by atoms with van der Waals surface area (Å²) in [7, 11) is -1.89. The van der Waals surface area contributed by atoms with E-state index in [9.17, 15) is 13.2 Å². The minimum Gasteiger partial charge on any atom is -0.499 e. The minimum atomic E-state index is -3.46. The maximum atomic E-state index is 12.9. The molecule has 0 aromatic rings. The Morgan fingerprint density at radius 1 is 1.39 bits per heavy atom. The number of nitrogens with zero attached hydrogens (tertiary/aromatic N) is 1. The maximum Gasteiger partial charge on any atom is 0.245 e. The fourth-order valence-corrected chi connectivity index (χ4v) is 3.50. The Morgan fingerprint density at radius 2 is 2.04 bits per heavy atom. The van der Waals surface area contributed by atoms with Gasteiger partial charge in [0.15, 0.2) is 0 Å². The number of hydrogen-bond acceptors (Lipinski definition) is 4. The molecule has 0 saturated heterocycles. The second-order valence-corrected chi connectivity index (χ2v) is 7.66. The van der Waals surface area contributed by atoms with Gasteiger partial charge in [-0.15, -0.1) is 0 Å². The summed E-state index contributed by atoms with van der Waals surface area (Å²) in [6, 6.07) is -0.985. The summed E-state index contributed by atoms with van der Waals surface area (Å²) in [5.41, 5.74) is 0.544. The van der Waals surface area contributed by atoms with Gasteiger partial charge in [0.05, 0.1) is 18.9 Å². The van der Waals surface area contributed by atoms with Crippen LogP contribution in [0.1, 0.15) is 46.5 Å². The van der Waals surface area contributed by atoms with Crippen molar-refractivity contribution in [1.29, 1.82) is 0 Å². The first-order chi connectivity index (χ1) is 10.8. The Labute approximate surface area is 139 Å². The molecule has 0 radical (unpaired) electrons. The Hall–Kier alpha value is -1.34. The van der Waals surface area contributed by atoms with Crippen LogP contribution in [0.2, 0.25) is 0 Å². The number of ether oxygens (including phenoxy) is 1. The van der Waals surface area contributed by atoms with Crippen LogP contribution in [-0.4, -0.2) is 44.2 Å². The van der Waals surface area contributed by atoms with E-state index in [-0.39, 0.29) is 17.7 Å². The van der Waals surface area contributed by atoms with Gasteiger partial charge in [0, 0.05) is 11.8 Å². The second-order valence-electron chi connectivity index (χ2n) is 5.62. The Balaban J connectivity index is 3.04. The first-order valence-corrected chi connectivity index (χ1v) is 9.74. The van der Waals surface area contributed by atoms with E-state index in [1.807, 2.05) is 13.8 Å². The van der Waals surface area contributed by atoms with Gasteiger partial charge in [0.2, 0.25) is 15.9 Å². The van der Waals surface area contributed by atoms with Crippen LogP contribution in [-0.2, 0) is 19.6 Å². The molecule has 2 atom stereocenters. The van der Waals surface area contributed by atoms with Gasteiger partial charge in [-0.05, 0) is 19.8 Å². The van der Waals surface area contributed by atoms with Crippen molar-refractivity contribution < 1.29 is 17.9 Å². The topological polar surface area (TPSA) is 75.7 Å². The number of methoxy groups -OCH3 is 1. The predicted octanol–water partition coefficient (Wildman–Crippen LogP) is 2.15. The lowest BCUT2D eigenvalue weighted by atomic mass is 10.1. The van der Waals surface area contributed by atoms with Crippen molar-refractivity contribution in [3.8, 4) is 0 Å². The van der Waals surface area contributed by atoms with Crippen molar-refractivity contribution in [3.63, 3.8) is 0 Å². The number of allylic oxidation sites excluding steroid dienone is 1. The van der Waals surface area contributed by atoms with Crippen LogP contribution in [0.4, 0.5) is 0 Å². The molecular weight excluding hydrogens is 316 g/mol. The number of nitrogens with one attached hydrogen (secondary N) is 1. The molecule has 1 rings (SSSR count). The lowest BCUT2D eigenvalue weighted by molar-refractivity contribution is -0.132. The highest BCUT2D eigenvalue weighted by atomic mass is 32.2. The number of rotatable bonds is 9. The van der Waals surface area contributed by atoms with Crippen molar-refractivity contribution in [2.45, 2.75) is 58.5 Å². The molecule has 132 valence electrons. The fraction of sp³-hybridized carbons (Fsp3) is 0.688. The van der Waals surface area contributed by atoms with E-state index in [2.05, 4.69) is 11.3 Å². The molecule has 0 aliphatic carbocycles. The molecule has 1 N–H and O–H groups in total. The van der Waals surface area contributed by atoms with Gasteiger partial charge >= 0.3 is 0 Å². The Kier molecular flexibility index (Phi) is 7.28. The van der Waals surface area contributed by atoms with Crippen LogP contribution in [0.25, 0.3) is 0 Å². The third kappa shape index (κ3) is 4.81. The van der Waals surface area contributed by atoms with Crippen LogP contribution in [0, 0.1) is 0 Å². The van der Waals surface area contributed by atoms with Gasteiger partial charge in [-0.2, -0.15) is 0 Å². The molecule has 1 aliphatic heterocycles. The van der Waals surface area contributed by atoms with Crippen molar-refractivity contribution in [3.05, 3.63) is 24.1 Å². The van der Waals surface area contributed by atoms with Crippen molar-refractivity contribution in [1.82, 2.24) is 9.62 Å². The molecule has 23 heavy (non-hydrogen) atoms. The van der Waals surface area contributed by atoms with E-state index < -0.39 is 16.1 Å². The summed E-state index contributed by atoms with van der Waals surface area (Å²) in [4.78, 5) is 14.5. The molecule has 7 heteroatoms. The number of hydrogen-bond donors (Lipinski definition) is 1. The third-order valence-electron chi connectivity index (χ3n) is 3.87. The lowest BCUT2D eigenvalue weighted by Gasteiger charge is -2.30. The van der Waals surface area contributed by atoms with E-state index in [4.69, 9.17) is 4.74 Å². The van der Waals surface area contributed by atoms with Crippen molar-refractivity contribution in [2.75, 3.05) is 12.9 Å². The summed E-state index contributed by atoms with van der Waals surface area (Å²) in [6.45, 7) is 9.42. The van der Waals surface area contributed by atoms with Gasteiger partial charge in [-0.3, -0.25) is 4.79 Å². The van der Waals surface area contributed by atoms with Crippen LogP contribution in [0.15, 0.2) is 24.1 Å². The highest BCUT2D eigenvalue weighted by molar-refractivity contribution is 7.89. The molecule has 6 nitrogen and oxygen atoms in total. The van der Waals surface area contributed by atoms with E-state index >= 15 is 0 Å². The zero-order chi connectivity index (χ0) is 17.6. The maximum absolute atomic E-state index is 12.9. The number of carbonyl (C=O) groups excluding carboxylic acids is 1. The largest absolute Gasteiger partial charge is 0.499 e. The Morgan fingerprint density at radius 3 is 2.52 bits per heavy atom. The van der Waals surface area contributed by atoms with Crippen molar-refractivity contribution >= 4 is 15.9 Å². The molecule has 1 heterocycles. The molecule has 0 spiro atoms. The standard InChI is InChI=1S/C16H28N2O4S/c1-6-9-13(17-23(20,21)8-3)16(19)18-12(4)11-15(22-5)14(18)10-7-2/h11,13-14,17H,4,6-10H2,1-3,5H3/t13-,14-/m1/s1. The van der Waals surface area contributed by atoms with E-state index in [1.165, 1.54) is 0 Å². The predicted molar refractivity (Wildman–Crippen MR) is 91.1 cm³/mol. The number of sulfonamides is 1. The fourth-order valence-electron chi connectivity index (χ4n) is 2.68. The molecule has 0 aromatic carbocycles. The van der Waals surface area contributed by atoms with Crippen molar-refractivity contribution in [2.24, 2.45) is 0 Å². The van der Waals surface area contributed by atoms with Crippen LogP contribution in [0.3, 0.4) is 0 Å². The van der Waals surface area contributed by atoms with E-state index in [0.717, 1.165) is 12.8 Å². The molecule has 0 saturated carbocycles. The van der Waals surface area contributed by atoms with Gasteiger partial charge in [0.1, 0.15) is 11.8 Å². The summed E-state index contributed by atoms with van der Waals surface area (Å²) in [5.74, 6) is 0.371. The van der Waals surface area contributed by atoms with Crippen LogP contribution >= 0.6 is 0 Å². The van der Waals surface area contributed by atoms with Gasteiger partial charge in [0.25, 0.3) is 0 Å². The normalized spacial score (nSPS) is 19.7. The van der Waals surface area contributed by atoms with Crippen LogP contribution in [0.5, 0.6) is 0 Å². The smallest absolute Gasteiger partial charge is 0.245 e. The van der Waals surface area contributed by atoms with E-state index in [1.54, 1.807) is 25.0 Å². The zero-order valence-corrected chi connectivity index (χ0v) is 15.3. The average Bonchev–Trinajstić information content (AvgIpc) is 2.82. The average molecular weight is 344 g/mol. The number of amides is 1. The number of carbonyl (C=O) groups is 1. The summed E-state index contributed by atoms with van der Waals surface area (Å²) >= 11 is 0. The summed E-state index contributed by atoms with van der Waals surface area (Å²) in [5, 5.41) is 0. The van der Waals surface area contributed by atoms with E-state index in [0.29, 0.717) is 24.3 Å².